The third-order valence-electron chi connectivity index (χ3n) is 6.16. The molecule has 3 heterocycles. The summed E-state index contributed by atoms with van der Waals surface area (Å²) in [5, 5.41) is 2.92. The minimum absolute atomic E-state index is 0.0507. The molecule has 1 aromatic carbocycles. The largest absolute Gasteiger partial charge is 0.467 e. The first-order chi connectivity index (χ1) is 14.4. The van der Waals surface area contributed by atoms with Crippen LogP contribution in [0.15, 0.2) is 24.3 Å². The molecular formula is C21H26N4O5. The summed E-state index contributed by atoms with van der Waals surface area (Å²) >= 11 is 0. The topological polar surface area (TPSA) is 122 Å². The molecule has 0 aromatic heterocycles. The van der Waals surface area contributed by atoms with E-state index >= 15 is 0 Å². The molecule has 9 heteroatoms. The summed E-state index contributed by atoms with van der Waals surface area (Å²) in [5.41, 5.74) is 4.91. The van der Waals surface area contributed by atoms with Crippen LogP contribution in [0.3, 0.4) is 0 Å². The lowest BCUT2D eigenvalue weighted by molar-refractivity contribution is -0.142. The quantitative estimate of drug-likeness (QED) is 0.734. The van der Waals surface area contributed by atoms with Crippen molar-refractivity contribution in [3.63, 3.8) is 0 Å². The number of nitrogens with zero attached hydrogens (tertiary/aromatic N) is 2. The molecule has 3 aliphatic heterocycles. The van der Waals surface area contributed by atoms with E-state index in [-0.39, 0.29) is 36.6 Å². The van der Waals surface area contributed by atoms with Gasteiger partial charge in [0, 0.05) is 38.9 Å². The Morgan fingerprint density at radius 2 is 2.00 bits per heavy atom. The average molecular weight is 414 g/mol. The Bertz CT molecular complexity index is 888. The number of amides is 4. The van der Waals surface area contributed by atoms with E-state index in [0.717, 1.165) is 6.42 Å². The van der Waals surface area contributed by atoms with E-state index in [1.807, 2.05) is 0 Å². The number of benzene rings is 1. The number of rotatable bonds is 3. The van der Waals surface area contributed by atoms with E-state index in [2.05, 4.69) is 5.32 Å². The van der Waals surface area contributed by atoms with Gasteiger partial charge >= 0.3 is 0 Å². The number of nitrogens with two attached hydrogens (primary N) is 1. The number of hydrogen-bond acceptors (Lipinski definition) is 5. The van der Waals surface area contributed by atoms with Crippen LogP contribution in [0.4, 0.5) is 0 Å². The van der Waals surface area contributed by atoms with E-state index in [0.29, 0.717) is 50.2 Å². The lowest BCUT2D eigenvalue weighted by Crippen LogP contribution is -2.56. The van der Waals surface area contributed by atoms with Gasteiger partial charge in [0.05, 0.1) is 18.0 Å². The summed E-state index contributed by atoms with van der Waals surface area (Å²) in [6.45, 7) is 1.10. The highest BCUT2D eigenvalue weighted by Gasteiger charge is 2.43. The Morgan fingerprint density at radius 1 is 1.20 bits per heavy atom. The van der Waals surface area contributed by atoms with Gasteiger partial charge in [-0.1, -0.05) is 12.1 Å². The lowest BCUT2D eigenvalue weighted by atomic mass is 9.97. The predicted octanol–water partition coefficient (Wildman–Crippen LogP) is 0.242. The summed E-state index contributed by atoms with van der Waals surface area (Å²) in [6.07, 6.45) is 2.29. The Hall–Kier alpha value is -3.10. The highest BCUT2D eigenvalue weighted by atomic mass is 16.5. The summed E-state index contributed by atoms with van der Waals surface area (Å²) in [7, 11) is 0. The second-order valence-electron chi connectivity index (χ2n) is 8.19. The maximum atomic E-state index is 12.8. The zero-order valence-corrected chi connectivity index (χ0v) is 16.8. The van der Waals surface area contributed by atoms with Crippen molar-refractivity contribution in [1.29, 1.82) is 0 Å². The van der Waals surface area contributed by atoms with Crippen molar-refractivity contribution in [2.45, 2.75) is 37.8 Å². The standard InChI is InChI=1S/C21H26N4O5/c22-19(28)14-4-3-10-24(12-14)18(27)13-25-11-9-21(8-7-17(25)26)23-20(29)15-5-1-2-6-16(15)30-21/h1-2,5-6,14H,3-4,7-13H2,(H2,22,28)(H,23,29)/t14-,21-/m1/s1. The number of fused-ring (bicyclic) bond motifs is 1. The molecule has 9 nitrogen and oxygen atoms in total. The lowest BCUT2D eigenvalue weighted by Gasteiger charge is -2.38. The van der Waals surface area contributed by atoms with Crippen LogP contribution in [0.2, 0.25) is 0 Å². The summed E-state index contributed by atoms with van der Waals surface area (Å²) in [5.74, 6) is -0.796. The Kier molecular flexibility index (Phi) is 5.36. The second kappa shape index (κ2) is 7.97. The fraction of sp³-hybridized carbons (Fsp3) is 0.524. The maximum Gasteiger partial charge on any atom is 0.258 e. The van der Waals surface area contributed by atoms with Gasteiger partial charge in [-0.2, -0.15) is 0 Å². The fourth-order valence-corrected chi connectivity index (χ4v) is 4.38. The molecule has 0 saturated carbocycles. The molecule has 3 N–H and O–H groups in total. The molecule has 30 heavy (non-hydrogen) atoms. The SMILES string of the molecule is NC(=O)[C@@H]1CCCN(C(=O)CN2CC[C@]3(CCC2=O)NC(=O)c2ccccc2O3)C1. The number of hydrogen-bond donors (Lipinski definition) is 2. The van der Waals surface area contributed by atoms with Gasteiger partial charge < -0.3 is 25.6 Å². The molecule has 1 spiro atoms. The first kappa shape index (κ1) is 20.2. The highest BCUT2D eigenvalue weighted by molar-refractivity contribution is 5.98. The normalized spacial score (nSPS) is 26.5. The molecule has 4 rings (SSSR count). The van der Waals surface area contributed by atoms with Gasteiger partial charge in [-0.15, -0.1) is 0 Å². The molecule has 0 bridgehead atoms. The smallest absolute Gasteiger partial charge is 0.258 e. The number of likely N-dealkylation sites (tertiary alicyclic amines) is 2. The molecule has 3 aliphatic rings. The molecule has 0 radical (unpaired) electrons. The third kappa shape index (κ3) is 3.96. The zero-order chi connectivity index (χ0) is 21.3. The molecule has 1 aromatic rings. The summed E-state index contributed by atoms with van der Waals surface area (Å²) in [6, 6.07) is 7.01. The van der Waals surface area contributed by atoms with Crippen molar-refractivity contribution in [3.8, 4) is 5.75 Å². The van der Waals surface area contributed by atoms with E-state index < -0.39 is 11.6 Å². The van der Waals surface area contributed by atoms with Crippen LogP contribution in [0.5, 0.6) is 5.75 Å². The zero-order valence-electron chi connectivity index (χ0n) is 16.8. The number of piperidine rings is 1. The van der Waals surface area contributed by atoms with Crippen LogP contribution in [-0.2, 0) is 14.4 Å². The second-order valence-corrected chi connectivity index (χ2v) is 8.19. The van der Waals surface area contributed by atoms with Gasteiger partial charge in [0.15, 0.2) is 5.72 Å². The number of primary amides is 1. The van der Waals surface area contributed by atoms with Crippen LogP contribution < -0.4 is 15.8 Å². The highest BCUT2D eigenvalue weighted by Crippen LogP contribution is 2.33. The van der Waals surface area contributed by atoms with Crippen molar-refractivity contribution in [2.24, 2.45) is 11.7 Å². The van der Waals surface area contributed by atoms with Crippen LogP contribution in [0.25, 0.3) is 0 Å². The monoisotopic (exact) mass is 414 g/mol. The number of nitrogens with one attached hydrogen (secondary N) is 1. The first-order valence-electron chi connectivity index (χ1n) is 10.3. The minimum Gasteiger partial charge on any atom is -0.467 e. The van der Waals surface area contributed by atoms with Crippen molar-refractivity contribution < 1.29 is 23.9 Å². The summed E-state index contributed by atoms with van der Waals surface area (Å²) in [4.78, 5) is 52.5. The minimum atomic E-state index is -0.957. The van der Waals surface area contributed by atoms with Gasteiger partial charge in [-0.3, -0.25) is 19.2 Å². The Labute approximate surface area is 174 Å². The molecule has 2 saturated heterocycles. The fourth-order valence-electron chi connectivity index (χ4n) is 4.38. The molecule has 160 valence electrons. The molecule has 0 unspecified atom stereocenters. The van der Waals surface area contributed by atoms with E-state index in [1.54, 1.807) is 29.2 Å². The molecule has 2 fully saturated rings. The van der Waals surface area contributed by atoms with Crippen LogP contribution in [0.1, 0.15) is 42.5 Å². The summed E-state index contributed by atoms with van der Waals surface area (Å²) < 4.78 is 6.11. The van der Waals surface area contributed by atoms with Crippen molar-refractivity contribution >= 4 is 23.6 Å². The first-order valence-corrected chi connectivity index (χ1v) is 10.3. The Balaban J connectivity index is 1.42. The van der Waals surface area contributed by atoms with Crippen molar-refractivity contribution in [1.82, 2.24) is 15.1 Å². The molecular weight excluding hydrogens is 388 g/mol. The number of carbonyl (C=O) groups excluding carboxylic acids is 4. The van der Waals surface area contributed by atoms with Crippen LogP contribution >= 0.6 is 0 Å². The van der Waals surface area contributed by atoms with Gasteiger partial charge in [0.2, 0.25) is 17.7 Å². The number of ether oxygens (including phenoxy) is 1. The predicted molar refractivity (Wildman–Crippen MR) is 106 cm³/mol. The molecule has 0 aliphatic carbocycles. The van der Waals surface area contributed by atoms with Crippen molar-refractivity contribution in [2.75, 3.05) is 26.2 Å². The van der Waals surface area contributed by atoms with Crippen molar-refractivity contribution in [3.05, 3.63) is 29.8 Å². The molecule has 2 atom stereocenters. The van der Waals surface area contributed by atoms with E-state index in [4.69, 9.17) is 10.5 Å². The Morgan fingerprint density at radius 3 is 2.80 bits per heavy atom. The van der Waals surface area contributed by atoms with E-state index in [1.165, 1.54) is 4.90 Å². The van der Waals surface area contributed by atoms with E-state index in [9.17, 15) is 19.2 Å². The third-order valence-corrected chi connectivity index (χ3v) is 6.16. The van der Waals surface area contributed by atoms with Gasteiger partial charge in [0.25, 0.3) is 5.91 Å². The van der Waals surface area contributed by atoms with Gasteiger partial charge in [-0.25, -0.2) is 0 Å². The number of para-hydroxylation sites is 1. The number of carbonyl (C=O) groups is 4. The van der Waals surface area contributed by atoms with Gasteiger partial charge in [0.1, 0.15) is 5.75 Å². The van der Waals surface area contributed by atoms with Gasteiger partial charge in [-0.05, 0) is 25.0 Å². The van der Waals surface area contributed by atoms with Crippen LogP contribution in [0, 0.1) is 5.92 Å². The van der Waals surface area contributed by atoms with Crippen LogP contribution in [-0.4, -0.2) is 65.3 Å². The molecule has 4 amide bonds. The average Bonchev–Trinajstić information content (AvgIpc) is 2.88. The maximum absolute atomic E-state index is 12.8.